The molecule has 2 heterocycles. The van der Waals surface area contributed by atoms with Crippen molar-refractivity contribution in [2.24, 2.45) is 5.92 Å². The van der Waals surface area contributed by atoms with Gasteiger partial charge in [-0.25, -0.2) is 0 Å². The third-order valence-electron chi connectivity index (χ3n) is 6.29. The third kappa shape index (κ3) is 4.96. The summed E-state index contributed by atoms with van der Waals surface area (Å²) in [5, 5.41) is 14.3. The highest BCUT2D eigenvalue weighted by Gasteiger charge is 2.28. The molecule has 0 atom stereocenters. The van der Waals surface area contributed by atoms with Crippen LogP contribution in [-0.2, 0) is 4.79 Å². The standard InChI is InChI=1S/C23H29N5O3/c1-25-14-16-26(17-15-25)20-8-6-19(7-9-20)24-23(29)18-10-12-27(13-11-18)21-4-2-3-5-22(21)28(30)31/h2-9,18H,10-17H2,1H3,(H,24,29). The first-order chi connectivity index (χ1) is 15.0. The Labute approximate surface area is 182 Å². The molecule has 0 saturated carbocycles. The van der Waals surface area contributed by atoms with E-state index in [0.29, 0.717) is 31.6 Å². The largest absolute Gasteiger partial charge is 0.369 e. The summed E-state index contributed by atoms with van der Waals surface area (Å²) in [5.41, 5.74) is 2.74. The minimum atomic E-state index is -0.347. The summed E-state index contributed by atoms with van der Waals surface area (Å²) in [6.07, 6.45) is 1.36. The third-order valence-corrected chi connectivity index (χ3v) is 6.29. The van der Waals surface area contributed by atoms with E-state index in [9.17, 15) is 14.9 Å². The maximum Gasteiger partial charge on any atom is 0.292 e. The van der Waals surface area contributed by atoms with Gasteiger partial charge < -0.3 is 20.0 Å². The van der Waals surface area contributed by atoms with Gasteiger partial charge in [0.1, 0.15) is 5.69 Å². The van der Waals surface area contributed by atoms with Crippen molar-refractivity contribution in [1.82, 2.24) is 4.90 Å². The van der Waals surface area contributed by atoms with E-state index in [4.69, 9.17) is 0 Å². The molecule has 164 valence electrons. The smallest absolute Gasteiger partial charge is 0.292 e. The van der Waals surface area contributed by atoms with Gasteiger partial charge in [-0.15, -0.1) is 0 Å². The lowest BCUT2D eigenvalue weighted by Crippen LogP contribution is -2.44. The van der Waals surface area contributed by atoms with Crippen LogP contribution in [0.1, 0.15) is 12.8 Å². The van der Waals surface area contributed by atoms with Gasteiger partial charge in [-0.2, -0.15) is 0 Å². The zero-order valence-corrected chi connectivity index (χ0v) is 17.9. The number of nitrogens with zero attached hydrogens (tertiary/aromatic N) is 4. The molecule has 0 bridgehead atoms. The van der Waals surface area contributed by atoms with E-state index < -0.39 is 0 Å². The van der Waals surface area contributed by atoms with Crippen LogP contribution >= 0.6 is 0 Å². The maximum atomic E-state index is 12.8. The number of carbonyl (C=O) groups is 1. The number of rotatable bonds is 5. The summed E-state index contributed by atoms with van der Waals surface area (Å²) in [6, 6.07) is 14.9. The number of hydrogen-bond acceptors (Lipinski definition) is 6. The van der Waals surface area contributed by atoms with Crippen molar-refractivity contribution in [3.8, 4) is 0 Å². The van der Waals surface area contributed by atoms with Gasteiger partial charge in [-0.1, -0.05) is 12.1 Å². The molecule has 8 nitrogen and oxygen atoms in total. The van der Waals surface area contributed by atoms with Crippen molar-refractivity contribution in [3.05, 3.63) is 58.6 Å². The van der Waals surface area contributed by atoms with Crippen molar-refractivity contribution in [2.75, 3.05) is 61.4 Å². The quantitative estimate of drug-likeness (QED) is 0.588. The number of carbonyl (C=O) groups excluding carboxylic acids is 1. The molecule has 0 spiro atoms. The van der Waals surface area contributed by atoms with E-state index in [1.54, 1.807) is 12.1 Å². The number of piperazine rings is 1. The molecule has 2 aliphatic rings. The Morgan fingerprint density at radius 2 is 1.58 bits per heavy atom. The van der Waals surface area contributed by atoms with Gasteiger partial charge in [0.15, 0.2) is 0 Å². The Morgan fingerprint density at radius 1 is 0.935 bits per heavy atom. The molecule has 2 fully saturated rings. The molecule has 0 radical (unpaired) electrons. The maximum absolute atomic E-state index is 12.8. The van der Waals surface area contributed by atoms with E-state index in [0.717, 1.165) is 31.9 Å². The second-order valence-electron chi connectivity index (χ2n) is 8.33. The normalized spacial score (nSPS) is 18.1. The molecular weight excluding hydrogens is 394 g/mol. The molecule has 0 unspecified atom stereocenters. The topological polar surface area (TPSA) is 82.0 Å². The number of amides is 1. The Bertz CT molecular complexity index is 917. The minimum Gasteiger partial charge on any atom is -0.369 e. The molecule has 4 rings (SSSR count). The highest BCUT2D eigenvalue weighted by Crippen LogP contribution is 2.31. The first-order valence-electron chi connectivity index (χ1n) is 10.8. The molecule has 0 aromatic heterocycles. The zero-order chi connectivity index (χ0) is 21.8. The number of anilines is 3. The van der Waals surface area contributed by atoms with Gasteiger partial charge in [0.25, 0.3) is 5.69 Å². The fraction of sp³-hybridized carbons (Fsp3) is 0.435. The van der Waals surface area contributed by atoms with E-state index in [2.05, 4.69) is 34.3 Å². The minimum absolute atomic E-state index is 0.0227. The van der Waals surface area contributed by atoms with E-state index in [1.807, 2.05) is 23.1 Å². The number of nitrogens with one attached hydrogen (secondary N) is 1. The SMILES string of the molecule is CN1CCN(c2ccc(NC(=O)C3CCN(c4ccccc4[N+](=O)[O-])CC3)cc2)CC1. The van der Waals surface area contributed by atoms with Crippen molar-refractivity contribution in [3.63, 3.8) is 0 Å². The van der Waals surface area contributed by atoms with Gasteiger partial charge in [-0.05, 0) is 50.2 Å². The average Bonchev–Trinajstić information content (AvgIpc) is 2.80. The van der Waals surface area contributed by atoms with Crippen LogP contribution in [-0.4, -0.2) is 62.0 Å². The number of nitro groups is 1. The lowest BCUT2D eigenvalue weighted by molar-refractivity contribution is -0.384. The predicted octanol–water partition coefficient (Wildman–Crippen LogP) is 3.20. The molecule has 2 aliphatic heterocycles. The number of piperidine rings is 1. The summed E-state index contributed by atoms with van der Waals surface area (Å²) >= 11 is 0. The number of para-hydroxylation sites is 2. The molecular formula is C23H29N5O3. The molecule has 31 heavy (non-hydrogen) atoms. The van der Waals surface area contributed by atoms with E-state index in [1.165, 1.54) is 11.8 Å². The van der Waals surface area contributed by atoms with Crippen molar-refractivity contribution >= 4 is 28.7 Å². The van der Waals surface area contributed by atoms with Crippen LogP contribution in [0, 0.1) is 16.0 Å². The van der Waals surface area contributed by atoms with Gasteiger partial charge in [-0.3, -0.25) is 14.9 Å². The first kappa shape index (κ1) is 21.1. The Balaban J connectivity index is 1.31. The van der Waals surface area contributed by atoms with Crippen LogP contribution in [0.3, 0.4) is 0 Å². The highest BCUT2D eigenvalue weighted by molar-refractivity contribution is 5.93. The van der Waals surface area contributed by atoms with Crippen LogP contribution in [0.25, 0.3) is 0 Å². The summed E-state index contributed by atoms with van der Waals surface area (Å²) < 4.78 is 0. The highest BCUT2D eigenvalue weighted by atomic mass is 16.6. The fourth-order valence-electron chi connectivity index (χ4n) is 4.33. The number of likely N-dealkylation sites (N-methyl/N-ethyl adjacent to an activating group) is 1. The lowest BCUT2D eigenvalue weighted by Gasteiger charge is -2.34. The molecule has 2 aromatic rings. The summed E-state index contributed by atoms with van der Waals surface area (Å²) in [5.74, 6) is -0.0640. The second-order valence-corrected chi connectivity index (χ2v) is 8.33. The number of nitro benzene ring substituents is 1. The molecule has 2 aromatic carbocycles. The Kier molecular flexibility index (Phi) is 6.36. The predicted molar refractivity (Wildman–Crippen MR) is 123 cm³/mol. The zero-order valence-electron chi connectivity index (χ0n) is 17.9. The summed E-state index contributed by atoms with van der Waals surface area (Å²) in [7, 11) is 2.14. The molecule has 0 aliphatic carbocycles. The second kappa shape index (κ2) is 9.34. The molecule has 8 heteroatoms. The van der Waals surface area contributed by atoms with Crippen molar-refractivity contribution in [1.29, 1.82) is 0 Å². The molecule has 1 N–H and O–H groups in total. The lowest BCUT2D eigenvalue weighted by atomic mass is 9.95. The van der Waals surface area contributed by atoms with Crippen LogP contribution in [0.5, 0.6) is 0 Å². The Morgan fingerprint density at radius 3 is 2.23 bits per heavy atom. The average molecular weight is 424 g/mol. The first-order valence-corrected chi connectivity index (χ1v) is 10.8. The number of hydrogen-bond donors (Lipinski definition) is 1. The monoisotopic (exact) mass is 423 g/mol. The van der Waals surface area contributed by atoms with Crippen molar-refractivity contribution in [2.45, 2.75) is 12.8 Å². The van der Waals surface area contributed by atoms with E-state index in [-0.39, 0.29) is 22.4 Å². The number of benzene rings is 2. The van der Waals surface area contributed by atoms with Crippen LogP contribution in [0.15, 0.2) is 48.5 Å². The van der Waals surface area contributed by atoms with Crippen molar-refractivity contribution < 1.29 is 9.72 Å². The summed E-state index contributed by atoms with van der Waals surface area (Å²) in [4.78, 5) is 30.4. The van der Waals surface area contributed by atoms with Crippen LogP contribution in [0.4, 0.5) is 22.7 Å². The molecule has 2 saturated heterocycles. The van der Waals surface area contributed by atoms with Gasteiger partial charge >= 0.3 is 0 Å². The van der Waals surface area contributed by atoms with Gasteiger partial charge in [0.2, 0.25) is 5.91 Å². The van der Waals surface area contributed by atoms with Gasteiger partial charge in [0.05, 0.1) is 4.92 Å². The van der Waals surface area contributed by atoms with E-state index >= 15 is 0 Å². The molecule has 1 amide bonds. The van der Waals surface area contributed by atoms with Crippen LogP contribution in [0.2, 0.25) is 0 Å². The fourth-order valence-corrected chi connectivity index (χ4v) is 4.33. The van der Waals surface area contributed by atoms with Gasteiger partial charge in [0, 0.05) is 62.6 Å². The summed E-state index contributed by atoms with van der Waals surface area (Å²) in [6.45, 7) is 5.41. The van der Waals surface area contributed by atoms with Crippen LogP contribution < -0.4 is 15.1 Å². The Hall–Kier alpha value is -3.13.